The molecule has 0 aromatic rings. The molecule has 1 unspecified atom stereocenters. The molecule has 0 spiro atoms. The van der Waals surface area contributed by atoms with Crippen molar-refractivity contribution in [1.82, 2.24) is 5.32 Å². The Bertz CT molecular complexity index is 206. The van der Waals surface area contributed by atoms with Gasteiger partial charge in [-0.2, -0.15) is 0 Å². The van der Waals surface area contributed by atoms with Gasteiger partial charge < -0.3 is 14.8 Å². The van der Waals surface area contributed by atoms with Gasteiger partial charge in [0.15, 0.2) is 0 Å². The maximum Gasteiger partial charge on any atom is 0.308 e. The van der Waals surface area contributed by atoms with Crippen molar-refractivity contribution in [2.24, 2.45) is 0 Å². The largest absolute Gasteiger partial charge is 0.462 e. The lowest BCUT2D eigenvalue weighted by Crippen LogP contribution is -2.25. The third-order valence-electron chi connectivity index (χ3n) is 1.74. The molecule has 88 valence electrons. The van der Waals surface area contributed by atoms with Gasteiger partial charge in [-0.25, -0.2) is 0 Å². The summed E-state index contributed by atoms with van der Waals surface area (Å²) in [5, 5.41) is 2.47. The van der Waals surface area contributed by atoms with E-state index in [1.807, 2.05) is 6.92 Å². The molecule has 0 saturated carbocycles. The first-order valence-electron chi connectivity index (χ1n) is 5.08. The minimum atomic E-state index is -0.390. The minimum Gasteiger partial charge on any atom is -0.462 e. The number of amides is 1. The number of hydrogen-bond donors (Lipinski definition) is 1. The van der Waals surface area contributed by atoms with Gasteiger partial charge in [0.05, 0.1) is 19.4 Å². The average molecular weight is 217 g/mol. The molecule has 0 fully saturated rings. The highest BCUT2D eigenvalue weighted by atomic mass is 16.5. The Kier molecular flexibility index (Phi) is 7.62. The van der Waals surface area contributed by atoms with E-state index in [1.165, 1.54) is 0 Å². The molecule has 0 bridgehead atoms. The average Bonchev–Trinajstić information content (AvgIpc) is 2.17. The lowest BCUT2D eigenvalue weighted by Gasteiger charge is -2.12. The first-order valence-corrected chi connectivity index (χ1v) is 5.08. The monoisotopic (exact) mass is 217 g/mol. The van der Waals surface area contributed by atoms with E-state index in [1.54, 1.807) is 14.0 Å². The Hall–Kier alpha value is -1.10. The van der Waals surface area contributed by atoms with E-state index in [4.69, 9.17) is 9.47 Å². The number of rotatable bonds is 7. The first-order chi connectivity index (χ1) is 7.10. The molecule has 0 heterocycles. The highest BCUT2D eigenvalue weighted by Crippen LogP contribution is 2.00. The molecule has 0 aliphatic carbocycles. The molecular formula is C10H19NO4. The van der Waals surface area contributed by atoms with Crippen LogP contribution in [0, 0.1) is 0 Å². The molecule has 0 saturated heterocycles. The molecule has 0 aromatic heterocycles. The van der Waals surface area contributed by atoms with Crippen LogP contribution in [-0.2, 0) is 19.1 Å². The molecular weight excluding hydrogens is 198 g/mol. The Morgan fingerprint density at radius 1 is 1.40 bits per heavy atom. The van der Waals surface area contributed by atoms with Crippen LogP contribution in [0.2, 0.25) is 0 Å². The normalized spacial score (nSPS) is 11.9. The maximum absolute atomic E-state index is 11.2. The van der Waals surface area contributed by atoms with Crippen molar-refractivity contribution in [3.05, 3.63) is 0 Å². The van der Waals surface area contributed by atoms with Crippen LogP contribution in [0.1, 0.15) is 26.7 Å². The summed E-state index contributed by atoms with van der Waals surface area (Å²) in [4.78, 5) is 22.1. The molecule has 0 aromatic carbocycles. The van der Waals surface area contributed by atoms with E-state index >= 15 is 0 Å². The Morgan fingerprint density at radius 3 is 2.60 bits per heavy atom. The SMILES string of the molecule is CCOCCC(=O)OC(C)CC(=O)NC. The predicted molar refractivity (Wildman–Crippen MR) is 55.3 cm³/mol. The van der Waals surface area contributed by atoms with E-state index in [0.29, 0.717) is 13.2 Å². The van der Waals surface area contributed by atoms with Crippen LogP contribution in [0.4, 0.5) is 0 Å². The van der Waals surface area contributed by atoms with Crippen LogP contribution in [0.5, 0.6) is 0 Å². The zero-order chi connectivity index (χ0) is 11.7. The van der Waals surface area contributed by atoms with Crippen LogP contribution in [-0.4, -0.2) is 38.2 Å². The molecule has 1 N–H and O–H groups in total. The van der Waals surface area contributed by atoms with E-state index in [-0.39, 0.29) is 30.8 Å². The summed E-state index contributed by atoms with van der Waals surface area (Å²) < 4.78 is 10.00. The van der Waals surface area contributed by atoms with Crippen LogP contribution in [0.25, 0.3) is 0 Å². The number of nitrogens with one attached hydrogen (secondary N) is 1. The number of esters is 1. The molecule has 1 amide bonds. The third-order valence-corrected chi connectivity index (χ3v) is 1.74. The van der Waals surface area contributed by atoms with Gasteiger partial charge in [0, 0.05) is 13.7 Å². The van der Waals surface area contributed by atoms with E-state index < -0.39 is 0 Å². The van der Waals surface area contributed by atoms with Gasteiger partial charge in [0.25, 0.3) is 0 Å². The van der Waals surface area contributed by atoms with Gasteiger partial charge in [0.1, 0.15) is 6.10 Å². The van der Waals surface area contributed by atoms with Gasteiger partial charge in [-0.05, 0) is 13.8 Å². The number of hydrogen-bond acceptors (Lipinski definition) is 4. The van der Waals surface area contributed by atoms with Gasteiger partial charge in [-0.15, -0.1) is 0 Å². The Balaban J connectivity index is 3.62. The second-order valence-corrected chi connectivity index (χ2v) is 3.12. The van der Waals surface area contributed by atoms with Crippen molar-refractivity contribution in [3.63, 3.8) is 0 Å². The molecule has 1 atom stereocenters. The Morgan fingerprint density at radius 2 is 2.07 bits per heavy atom. The lowest BCUT2D eigenvalue weighted by atomic mass is 10.2. The maximum atomic E-state index is 11.2. The quantitative estimate of drug-likeness (QED) is 0.497. The smallest absolute Gasteiger partial charge is 0.308 e. The molecule has 0 rings (SSSR count). The second kappa shape index (κ2) is 8.23. The van der Waals surface area contributed by atoms with Crippen molar-refractivity contribution in [2.75, 3.05) is 20.3 Å². The molecule has 15 heavy (non-hydrogen) atoms. The number of carbonyl (C=O) groups excluding carboxylic acids is 2. The minimum absolute atomic E-state index is 0.139. The Labute approximate surface area is 90.1 Å². The summed E-state index contributed by atoms with van der Waals surface area (Å²) in [5.74, 6) is -0.472. The molecule has 0 aliphatic heterocycles. The van der Waals surface area contributed by atoms with Gasteiger partial charge >= 0.3 is 5.97 Å². The zero-order valence-electron chi connectivity index (χ0n) is 9.54. The fourth-order valence-electron chi connectivity index (χ4n) is 0.988. The summed E-state index contributed by atoms with van der Waals surface area (Å²) >= 11 is 0. The highest BCUT2D eigenvalue weighted by molar-refractivity contribution is 5.76. The van der Waals surface area contributed by atoms with E-state index in [0.717, 1.165) is 0 Å². The van der Waals surface area contributed by atoms with Crippen LogP contribution in [0.3, 0.4) is 0 Å². The van der Waals surface area contributed by atoms with Gasteiger partial charge in [0.2, 0.25) is 5.91 Å². The van der Waals surface area contributed by atoms with Crippen LogP contribution < -0.4 is 5.32 Å². The summed E-state index contributed by atoms with van der Waals surface area (Å²) in [6, 6.07) is 0. The lowest BCUT2D eigenvalue weighted by molar-refractivity contribution is -0.150. The number of ether oxygens (including phenoxy) is 2. The third kappa shape index (κ3) is 7.93. The van der Waals surface area contributed by atoms with Crippen molar-refractivity contribution in [3.8, 4) is 0 Å². The zero-order valence-corrected chi connectivity index (χ0v) is 9.54. The highest BCUT2D eigenvalue weighted by Gasteiger charge is 2.12. The molecule has 5 nitrogen and oxygen atoms in total. The van der Waals surface area contributed by atoms with E-state index in [9.17, 15) is 9.59 Å². The van der Waals surface area contributed by atoms with Crippen molar-refractivity contribution >= 4 is 11.9 Å². The summed E-state index contributed by atoms with van der Waals surface area (Å²) in [5.41, 5.74) is 0. The van der Waals surface area contributed by atoms with Crippen molar-refractivity contribution in [2.45, 2.75) is 32.8 Å². The first kappa shape index (κ1) is 13.9. The molecule has 0 radical (unpaired) electrons. The van der Waals surface area contributed by atoms with Gasteiger partial charge in [-0.1, -0.05) is 0 Å². The summed E-state index contributed by atoms with van der Waals surface area (Å²) in [6.45, 7) is 4.50. The van der Waals surface area contributed by atoms with Crippen molar-refractivity contribution in [1.29, 1.82) is 0 Å². The summed E-state index contributed by atoms with van der Waals surface area (Å²) in [6.07, 6.45) is 0.0297. The van der Waals surface area contributed by atoms with Crippen LogP contribution in [0.15, 0.2) is 0 Å². The fourth-order valence-corrected chi connectivity index (χ4v) is 0.988. The topological polar surface area (TPSA) is 64.6 Å². The molecule has 5 heteroatoms. The molecule has 0 aliphatic rings. The second-order valence-electron chi connectivity index (χ2n) is 3.12. The van der Waals surface area contributed by atoms with E-state index in [2.05, 4.69) is 5.32 Å². The van der Waals surface area contributed by atoms with Crippen LogP contribution >= 0.6 is 0 Å². The summed E-state index contributed by atoms with van der Waals surface area (Å²) in [7, 11) is 1.55. The van der Waals surface area contributed by atoms with Crippen molar-refractivity contribution < 1.29 is 19.1 Å². The predicted octanol–water partition coefficient (Wildman–Crippen LogP) is 0.481. The fraction of sp³-hybridized carbons (Fsp3) is 0.800. The van der Waals surface area contributed by atoms with Gasteiger partial charge in [-0.3, -0.25) is 9.59 Å². The standard InChI is InChI=1S/C10H19NO4/c1-4-14-6-5-10(13)15-8(2)7-9(12)11-3/h8H,4-7H2,1-3H3,(H,11,12). The number of carbonyl (C=O) groups is 2.